The molecule has 0 amide bonds. The number of rotatable bonds is 7. The van der Waals surface area contributed by atoms with E-state index in [1.807, 2.05) is 0 Å². The Morgan fingerprint density at radius 2 is 0.803 bits per heavy atom. The van der Waals surface area contributed by atoms with Crippen molar-refractivity contribution in [3.05, 3.63) is 249 Å². The van der Waals surface area contributed by atoms with Crippen LogP contribution in [0.2, 0.25) is 0 Å². The fraction of sp³-hybridized carbons (Fsp3) is 0. The van der Waals surface area contributed by atoms with Crippen LogP contribution in [0, 0.1) is 0 Å². The van der Waals surface area contributed by atoms with Gasteiger partial charge in [-0.05, 0) is 125 Å². The van der Waals surface area contributed by atoms with E-state index in [4.69, 9.17) is 4.42 Å². The van der Waals surface area contributed by atoms with Gasteiger partial charge in [-0.15, -0.1) is 0 Å². The molecule has 0 fully saturated rings. The van der Waals surface area contributed by atoms with Gasteiger partial charge in [-0.3, -0.25) is 0 Å². The van der Waals surface area contributed by atoms with Crippen molar-refractivity contribution in [2.45, 2.75) is 0 Å². The zero-order valence-corrected chi connectivity index (χ0v) is 36.0. The Morgan fingerprint density at radius 1 is 0.288 bits per heavy atom. The molecule has 0 spiro atoms. The van der Waals surface area contributed by atoms with Crippen molar-refractivity contribution >= 4 is 82.1 Å². The summed E-state index contributed by atoms with van der Waals surface area (Å²) >= 11 is 0. The van der Waals surface area contributed by atoms with Gasteiger partial charge < -0.3 is 9.32 Å². The first-order valence-corrected chi connectivity index (χ1v) is 22.7. The van der Waals surface area contributed by atoms with Gasteiger partial charge in [0.1, 0.15) is 11.2 Å². The Balaban J connectivity index is 0.939. The van der Waals surface area contributed by atoms with Crippen molar-refractivity contribution in [3.8, 4) is 44.5 Å². The van der Waals surface area contributed by atoms with E-state index < -0.39 is 0 Å². The van der Waals surface area contributed by atoms with Crippen LogP contribution < -0.4 is 4.90 Å². The fourth-order valence-electron chi connectivity index (χ4n) is 10.4. The molecule has 12 aromatic carbocycles. The minimum atomic E-state index is 0.896. The summed E-state index contributed by atoms with van der Waals surface area (Å²) in [6.07, 6.45) is 0. The third-order valence-corrected chi connectivity index (χ3v) is 13.4. The van der Waals surface area contributed by atoms with Crippen molar-refractivity contribution in [1.82, 2.24) is 0 Å². The molecule has 13 rings (SSSR count). The van der Waals surface area contributed by atoms with Crippen molar-refractivity contribution in [3.63, 3.8) is 0 Å². The lowest BCUT2D eigenvalue weighted by Crippen LogP contribution is -2.10. The molecule has 66 heavy (non-hydrogen) atoms. The van der Waals surface area contributed by atoms with Gasteiger partial charge in [0.2, 0.25) is 0 Å². The molecule has 308 valence electrons. The maximum Gasteiger partial charge on any atom is 0.143 e. The minimum absolute atomic E-state index is 0.896. The van der Waals surface area contributed by atoms with E-state index in [-0.39, 0.29) is 0 Å². The van der Waals surface area contributed by atoms with Crippen molar-refractivity contribution in [2.75, 3.05) is 4.90 Å². The van der Waals surface area contributed by atoms with E-state index in [2.05, 4.69) is 254 Å². The average Bonchev–Trinajstić information content (AvgIpc) is 3.79. The van der Waals surface area contributed by atoms with Crippen LogP contribution in [0.5, 0.6) is 0 Å². The largest absolute Gasteiger partial charge is 0.455 e. The van der Waals surface area contributed by atoms with Crippen molar-refractivity contribution < 1.29 is 4.42 Å². The third kappa shape index (κ3) is 6.18. The standard InChI is InChI=1S/C64H41NO/c1-3-17-46(18-4-1)61-56-25-12-11-24-54(56)55-39-34-48(41-58(55)62(61)47-19-5-2-6-20-47)42-29-35-49(36-30-42)65(59-27-13-21-43-15-7-9-22-51(43)59)50-37-31-45(32-38-50)52-26-14-28-60-63(52)57-40-33-44-16-8-10-23-53(44)64(57)66-60/h1-41H. The smallest absolute Gasteiger partial charge is 0.143 e. The minimum Gasteiger partial charge on any atom is -0.455 e. The molecular weight excluding hydrogens is 799 g/mol. The lowest BCUT2D eigenvalue weighted by atomic mass is 9.84. The summed E-state index contributed by atoms with van der Waals surface area (Å²) in [5, 5.41) is 12.0. The zero-order valence-electron chi connectivity index (χ0n) is 36.0. The van der Waals surface area contributed by atoms with Gasteiger partial charge in [-0.1, -0.05) is 200 Å². The van der Waals surface area contributed by atoms with Crippen LogP contribution in [0.1, 0.15) is 0 Å². The molecule has 0 unspecified atom stereocenters. The molecule has 1 aromatic heterocycles. The van der Waals surface area contributed by atoms with E-state index in [0.717, 1.165) is 61.1 Å². The van der Waals surface area contributed by atoms with E-state index in [1.54, 1.807) is 0 Å². The van der Waals surface area contributed by atoms with Gasteiger partial charge in [0.05, 0.1) is 5.69 Å². The van der Waals surface area contributed by atoms with Crippen LogP contribution in [-0.4, -0.2) is 0 Å². The maximum atomic E-state index is 6.57. The molecule has 2 heteroatoms. The Bertz CT molecular complexity index is 3960. The average molecular weight is 840 g/mol. The Kier molecular flexibility index (Phi) is 8.89. The van der Waals surface area contributed by atoms with Crippen LogP contribution in [0.4, 0.5) is 17.1 Å². The summed E-state index contributed by atoms with van der Waals surface area (Å²) in [6.45, 7) is 0. The van der Waals surface area contributed by atoms with E-state index in [0.29, 0.717) is 0 Å². The first-order chi connectivity index (χ1) is 32.7. The first kappa shape index (κ1) is 37.8. The number of hydrogen-bond acceptors (Lipinski definition) is 2. The number of furan rings is 1. The summed E-state index contributed by atoms with van der Waals surface area (Å²) in [4.78, 5) is 2.39. The number of hydrogen-bond donors (Lipinski definition) is 0. The van der Waals surface area contributed by atoms with Crippen LogP contribution in [0.15, 0.2) is 253 Å². The van der Waals surface area contributed by atoms with Gasteiger partial charge in [0.15, 0.2) is 0 Å². The highest BCUT2D eigenvalue weighted by molar-refractivity contribution is 6.22. The predicted molar refractivity (Wildman–Crippen MR) is 280 cm³/mol. The lowest BCUT2D eigenvalue weighted by Gasteiger charge is -2.27. The molecular formula is C64H41NO. The Morgan fingerprint density at radius 3 is 1.52 bits per heavy atom. The quantitative estimate of drug-likeness (QED) is 0.149. The van der Waals surface area contributed by atoms with Crippen molar-refractivity contribution in [2.24, 2.45) is 0 Å². The molecule has 0 saturated heterocycles. The first-order valence-electron chi connectivity index (χ1n) is 22.7. The monoisotopic (exact) mass is 839 g/mol. The van der Waals surface area contributed by atoms with Crippen molar-refractivity contribution in [1.29, 1.82) is 0 Å². The van der Waals surface area contributed by atoms with Gasteiger partial charge in [0, 0.05) is 32.9 Å². The topological polar surface area (TPSA) is 16.4 Å². The molecule has 0 N–H and O–H groups in total. The molecule has 0 atom stereocenters. The van der Waals surface area contributed by atoms with E-state index in [9.17, 15) is 0 Å². The predicted octanol–water partition coefficient (Wildman–Crippen LogP) is 18.3. The van der Waals surface area contributed by atoms with Crippen LogP contribution >= 0.6 is 0 Å². The second kappa shape index (κ2) is 15.5. The molecule has 0 bridgehead atoms. The van der Waals surface area contributed by atoms with E-state index >= 15 is 0 Å². The molecule has 13 aromatic rings. The van der Waals surface area contributed by atoms with Crippen LogP contribution in [-0.2, 0) is 0 Å². The highest BCUT2D eigenvalue weighted by Crippen LogP contribution is 2.47. The van der Waals surface area contributed by atoms with Gasteiger partial charge in [-0.2, -0.15) is 0 Å². The maximum absolute atomic E-state index is 6.57. The Hall–Kier alpha value is -8.72. The summed E-state index contributed by atoms with van der Waals surface area (Å²) in [6, 6.07) is 90.2. The highest BCUT2D eigenvalue weighted by Gasteiger charge is 2.21. The van der Waals surface area contributed by atoms with Gasteiger partial charge in [0.25, 0.3) is 0 Å². The number of anilines is 3. The molecule has 0 aliphatic carbocycles. The molecule has 0 saturated carbocycles. The fourth-order valence-corrected chi connectivity index (χ4v) is 10.4. The Labute approximate surface area is 382 Å². The highest BCUT2D eigenvalue weighted by atomic mass is 16.3. The van der Waals surface area contributed by atoms with Gasteiger partial charge in [-0.25, -0.2) is 0 Å². The second-order valence-corrected chi connectivity index (χ2v) is 17.2. The summed E-state index contributed by atoms with van der Waals surface area (Å²) in [5.41, 5.74) is 14.7. The summed E-state index contributed by atoms with van der Waals surface area (Å²) < 4.78 is 6.57. The number of fused-ring (bicyclic) bond motifs is 9. The molecule has 0 aliphatic heterocycles. The normalized spacial score (nSPS) is 11.6. The van der Waals surface area contributed by atoms with Crippen LogP contribution in [0.3, 0.4) is 0 Å². The molecule has 1 heterocycles. The lowest BCUT2D eigenvalue weighted by molar-refractivity contribution is 0.673. The number of benzene rings is 12. The van der Waals surface area contributed by atoms with E-state index in [1.165, 1.54) is 65.5 Å². The number of nitrogens with zero attached hydrogens (tertiary/aromatic N) is 1. The third-order valence-electron chi connectivity index (χ3n) is 13.4. The summed E-state index contributed by atoms with van der Waals surface area (Å²) in [5.74, 6) is 0. The SMILES string of the molecule is c1ccc(-c2c(-c3ccccc3)c3cc(-c4ccc(N(c5ccc(-c6cccc7oc8c9ccccc9ccc8c67)cc5)c5cccc6ccccc56)cc4)ccc3c3ccccc23)cc1. The zero-order chi connectivity index (χ0) is 43.6. The van der Waals surface area contributed by atoms with Gasteiger partial charge >= 0.3 is 0 Å². The molecule has 0 radical (unpaired) electrons. The second-order valence-electron chi connectivity index (χ2n) is 17.2. The summed E-state index contributed by atoms with van der Waals surface area (Å²) in [7, 11) is 0. The molecule has 0 aliphatic rings. The molecule has 2 nitrogen and oxygen atoms in total. The van der Waals surface area contributed by atoms with Crippen LogP contribution in [0.25, 0.3) is 110 Å².